The summed E-state index contributed by atoms with van der Waals surface area (Å²) < 4.78 is 6.00. The minimum atomic E-state index is -0.275. The Bertz CT molecular complexity index is 1860. The first kappa shape index (κ1) is 27.8. The first-order chi connectivity index (χ1) is 21.6. The summed E-state index contributed by atoms with van der Waals surface area (Å²) in [5.74, 6) is 0.688. The molecule has 218 valence electrons. The van der Waals surface area contributed by atoms with E-state index >= 15 is 0 Å². The Kier molecular flexibility index (Phi) is 7.16. The van der Waals surface area contributed by atoms with Gasteiger partial charge in [0.25, 0.3) is 0 Å². The number of carbonyl (C=O) groups is 1. The summed E-state index contributed by atoms with van der Waals surface area (Å²) in [6.07, 6.45) is 9.07. The number of anilines is 1. The summed E-state index contributed by atoms with van der Waals surface area (Å²) in [7, 11) is 0. The molecule has 3 atom stereocenters. The zero-order chi connectivity index (χ0) is 29.8. The number of halogens is 1. The normalized spacial score (nSPS) is 23.5. The summed E-state index contributed by atoms with van der Waals surface area (Å²) in [6, 6.07) is 22.6. The Labute approximate surface area is 269 Å². The van der Waals surface area contributed by atoms with Gasteiger partial charge in [0.1, 0.15) is 6.07 Å². The van der Waals surface area contributed by atoms with Gasteiger partial charge in [0, 0.05) is 5.92 Å². The van der Waals surface area contributed by atoms with Gasteiger partial charge in [0.05, 0.1) is 22.3 Å². The van der Waals surface area contributed by atoms with Gasteiger partial charge < -0.3 is 0 Å². The van der Waals surface area contributed by atoms with E-state index in [1.807, 2.05) is 24.3 Å². The third-order valence-corrected chi connectivity index (χ3v) is 11.9. The predicted octanol–water partition coefficient (Wildman–Crippen LogP) is 7.30. The average molecular weight is 660 g/mol. The molecule has 0 amide bonds. The van der Waals surface area contributed by atoms with E-state index in [0.717, 1.165) is 35.4 Å². The molecule has 2 aliphatic heterocycles. The van der Waals surface area contributed by atoms with Gasteiger partial charge in [-0.1, -0.05) is 24.4 Å². The van der Waals surface area contributed by atoms with Crippen LogP contribution in [0.15, 0.2) is 82.3 Å². The molecule has 0 saturated heterocycles. The number of hydrazone groups is 1. The molecule has 7 heteroatoms. The molecule has 0 bridgehead atoms. The number of hydrogen-bond acceptors (Lipinski definition) is 5. The fraction of sp³-hybridized carbons (Fsp3) is 0.297. The monoisotopic (exact) mass is 659 g/mol. The van der Waals surface area contributed by atoms with Gasteiger partial charge in [0.2, 0.25) is 0 Å². The second-order valence-corrected chi connectivity index (χ2v) is 14.6. The molecule has 44 heavy (non-hydrogen) atoms. The van der Waals surface area contributed by atoms with E-state index in [4.69, 9.17) is 21.4 Å². The van der Waals surface area contributed by atoms with E-state index in [9.17, 15) is 10.1 Å². The molecular formula is C37H31AsClN3O2. The van der Waals surface area contributed by atoms with Crippen LogP contribution in [0, 0.1) is 23.2 Å². The third kappa shape index (κ3) is 4.62. The number of nitrogens with zero attached hydrogens (tertiary/aromatic N) is 3. The van der Waals surface area contributed by atoms with Crippen LogP contribution in [-0.2, 0) is 11.2 Å². The Balaban J connectivity index is 1.06. The minimum absolute atomic E-state index is 0.0691. The van der Waals surface area contributed by atoms with Crippen molar-refractivity contribution >= 4 is 54.7 Å². The molecule has 5 nitrogen and oxygen atoms in total. The third-order valence-electron chi connectivity index (χ3n) is 10.1. The van der Waals surface area contributed by atoms with Crippen molar-refractivity contribution in [2.45, 2.75) is 50.5 Å². The summed E-state index contributed by atoms with van der Waals surface area (Å²) >= 11 is 6.56. The molecule has 0 radical (unpaired) electrons. The molecule has 0 aromatic heterocycles. The second kappa shape index (κ2) is 11.3. The Hall–Kier alpha value is -3.71. The van der Waals surface area contributed by atoms with Gasteiger partial charge in [-0.05, 0) is 37.0 Å². The summed E-state index contributed by atoms with van der Waals surface area (Å²) in [4.78, 5) is 18.0. The SMILES string of the molecule is N#Cc1ccc(N2N=C3c4ccc(C(=O)OCC5C6=CC=[As]C=C6c6ccccc65)cc4CCC3C2C2CCCC2)cc1Cl. The number of esters is 1. The van der Waals surface area contributed by atoms with Gasteiger partial charge in [0.15, 0.2) is 0 Å². The van der Waals surface area contributed by atoms with E-state index in [-0.39, 0.29) is 33.2 Å². The Morgan fingerprint density at radius 3 is 2.77 bits per heavy atom. The topological polar surface area (TPSA) is 65.7 Å². The Morgan fingerprint density at radius 1 is 1.07 bits per heavy atom. The van der Waals surface area contributed by atoms with Gasteiger partial charge >= 0.3 is 159 Å². The molecule has 5 aliphatic rings. The van der Waals surface area contributed by atoms with Crippen LogP contribution in [-0.4, -0.2) is 44.4 Å². The van der Waals surface area contributed by atoms with Crippen molar-refractivity contribution in [1.82, 2.24) is 0 Å². The van der Waals surface area contributed by atoms with Crippen LogP contribution in [0.1, 0.15) is 76.2 Å². The Morgan fingerprint density at radius 2 is 1.93 bits per heavy atom. The van der Waals surface area contributed by atoms with Gasteiger partial charge in [-0.2, -0.15) is 10.4 Å². The molecule has 0 spiro atoms. The number of nitriles is 1. The first-order valence-electron chi connectivity index (χ1n) is 15.5. The molecule has 0 N–H and O–H groups in total. The minimum Gasteiger partial charge on any atom is -0.0828 e. The predicted molar refractivity (Wildman–Crippen MR) is 177 cm³/mol. The van der Waals surface area contributed by atoms with Crippen LogP contribution in [0.4, 0.5) is 5.69 Å². The van der Waals surface area contributed by atoms with Gasteiger partial charge in [-0.25, -0.2) is 0 Å². The fourth-order valence-electron chi connectivity index (χ4n) is 8.00. The second-order valence-electron chi connectivity index (χ2n) is 12.4. The summed E-state index contributed by atoms with van der Waals surface area (Å²) in [5.41, 5.74) is 10.5. The van der Waals surface area contributed by atoms with E-state index in [0.29, 0.717) is 34.6 Å². The molecule has 1 saturated carbocycles. The van der Waals surface area contributed by atoms with Crippen LogP contribution in [0.25, 0.3) is 5.57 Å². The van der Waals surface area contributed by atoms with Crippen LogP contribution in [0.5, 0.6) is 0 Å². The number of ether oxygens (including phenoxy) is 1. The fourth-order valence-corrected chi connectivity index (χ4v) is 9.83. The molecule has 3 aliphatic carbocycles. The molecule has 2 heterocycles. The molecule has 1 fully saturated rings. The molecular weight excluding hydrogens is 629 g/mol. The van der Waals surface area contributed by atoms with E-state index in [1.54, 1.807) is 6.07 Å². The van der Waals surface area contributed by atoms with Crippen LogP contribution in [0.3, 0.4) is 0 Å². The van der Waals surface area contributed by atoms with Gasteiger partial charge in [-0.3, -0.25) is 5.01 Å². The molecule has 8 rings (SSSR count). The molecule has 3 unspecified atom stereocenters. The number of allylic oxidation sites excluding steroid dienone is 2. The quantitative estimate of drug-likeness (QED) is 0.213. The van der Waals surface area contributed by atoms with Crippen molar-refractivity contribution in [2.75, 3.05) is 11.6 Å². The van der Waals surface area contributed by atoms with E-state index < -0.39 is 0 Å². The maximum absolute atomic E-state index is 13.4. The number of rotatable bonds is 5. The van der Waals surface area contributed by atoms with Crippen molar-refractivity contribution in [2.24, 2.45) is 16.9 Å². The smallest absolute Gasteiger partial charge is 0.0828 e. The zero-order valence-corrected chi connectivity index (χ0v) is 26.9. The standard InChI is InChI=1S/C37H31AsClN3O2/c39-34-18-26(12-9-25(34)20-40)42-36(22-5-1-2-6-22)31-14-10-23-17-24(11-13-27(23)35(31)41-42)37(43)44-21-33-29-8-4-3-7-28(29)32-19-38-16-15-30(32)33/h3-4,7-9,11-13,15-19,22,31,33,36H,1-2,5-6,10,14,21H2. The summed E-state index contributed by atoms with van der Waals surface area (Å²) in [5, 5.41) is 17.3. The van der Waals surface area contributed by atoms with Crippen molar-refractivity contribution in [3.8, 4) is 6.07 Å². The molecule has 3 aromatic carbocycles. The maximum atomic E-state index is 13.4. The van der Waals surface area contributed by atoms with Crippen LogP contribution < -0.4 is 5.01 Å². The van der Waals surface area contributed by atoms with Crippen LogP contribution >= 0.6 is 11.6 Å². The van der Waals surface area contributed by atoms with Crippen molar-refractivity contribution in [3.63, 3.8) is 0 Å². The number of fused-ring (bicyclic) bond motifs is 6. The number of carbonyl (C=O) groups excluding carboxylic acids is 1. The van der Waals surface area contributed by atoms with Crippen LogP contribution in [0.2, 0.25) is 5.02 Å². The first-order valence-corrected chi connectivity index (χ1v) is 18.1. The van der Waals surface area contributed by atoms with Crippen molar-refractivity contribution in [3.05, 3.63) is 116 Å². The van der Waals surface area contributed by atoms with Gasteiger partial charge in [-0.15, -0.1) is 0 Å². The number of aryl methyl sites for hydroxylation is 1. The number of benzene rings is 3. The van der Waals surface area contributed by atoms with E-state index in [1.165, 1.54) is 48.0 Å². The molecule has 3 aromatic rings. The van der Waals surface area contributed by atoms with Crippen molar-refractivity contribution in [1.29, 1.82) is 5.26 Å². The van der Waals surface area contributed by atoms with E-state index in [2.05, 4.69) is 57.2 Å². The number of hydrogen-bond donors (Lipinski definition) is 0. The summed E-state index contributed by atoms with van der Waals surface area (Å²) in [6.45, 7) is 0.334. The van der Waals surface area contributed by atoms with Crippen molar-refractivity contribution < 1.29 is 9.53 Å². The zero-order valence-electron chi connectivity index (χ0n) is 24.2. The average Bonchev–Trinajstić information content (AvgIpc) is 3.80.